The van der Waals surface area contributed by atoms with Crippen molar-refractivity contribution in [1.82, 2.24) is 0 Å². The zero-order valence-corrected chi connectivity index (χ0v) is 9.99. The van der Waals surface area contributed by atoms with E-state index in [1.807, 2.05) is 0 Å². The minimum absolute atomic E-state index is 0.0816. The quantitative estimate of drug-likeness (QED) is 0.766. The van der Waals surface area contributed by atoms with Gasteiger partial charge in [0.2, 0.25) is 0 Å². The molecule has 0 aromatic heterocycles. The van der Waals surface area contributed by atoms with E-state index in [1.54, 1.807) is 0 Å². The standard InChI is InChI=1S/C13H11F2NO3/c14-9-4-8-11(5-10(9)15)16(13(18)12(8)17)6-7-2-1-3-19-7/h4-5,7H,1-3,6H2. The number of fused-ring (bicyclic) bond motifs is 1. The molecule has 19 heavy (non-hydrogen) atoms. The van der Waals surface area contributed by atoms with Crippen LogP contribution in [-0.4, -0.2) is 30.9 Å². The van der Waals surface area contributed by atoms with Gasteiger partial charge >= 0.3 is 0 Å². The Morgan fingerprint density at radius 2 is 2.00 bits per heavy atom. The van der Waals surface area contributed by atoms with Crippen molar-refractivity contribution in [3.05, 3.63) is 29.3 Å². The molecule has 0 spiro atoms. The van der Waals surface area contributed by atoms with E-state index in [-0.39, 0.29) is 23.9 Å². The second-order valence-electron chi connectivity index (χ2n) is 4.66. The summed E-state index contributed by atoms with van der Waals surface area (Å²) in [5, 5.41) is 0. The molecule has 1 saturated heterocycles. The van der Waals surface area contributed by atoms with Crippen LogP contribution in [0.5, 0.6) is 0 Å². The largest absolute Gasteiger partial charge is 0.376 e. The highest BCUT2D eigenvalue weighted by Gasteiger charge is 2.38. The Labute approximate surface area is 108 Å². The van der Waals surface area contributed by atoms with Gasteiger partial charge < -0.3 is 9.64 Å². The number of ether oxygens (including phenoxy) is 1. The van der Waals surface area contributed by atoms with Crippen molar-refractivity contribution < 1.29 is 23.1 Å². The SMILES string of the molecule is O=C1C(=O)N(CC2CCCO2)c2cc(F)c(F)cc21. The summed E-state index contributed by atoms with van der Waals surface area (Å²) in [5.41, 5.74) is 0.0475. The molecular weight excluding hydrogens is 256 g/mol. The van der Waals surface area contributed by atoms with Gasteiger partial charge in [0.05, 0.1) is 23.9 Å². The van der Waals surface area contributed by atoms with Crippen molar-refractivity contribution in [2.45, 2.75) is 18.9 Å². The minimum Gasteiger partial charge on any atom is -0.376 e. The molecule has 0 N–H and O–H groups in total. The van der Waals surface area contributed by atoms with E-state index in [4.69, 9.17) is 4.74 Å². The first-order valence-corrected chi connectivity index (χ1v) is 6.05. The van der Waals surface area contributed by atoms with Gasteiger partial charge in [-0.05, 0) is 18.9 Å². The predicted octanol–water partition coefficient (Wildman–Crippen LogP) is 1.67. The van der Waals surface area contributed by atoms with Crippen LogP contribution in [0.1, 0.15) is 23.2 Å². The van der Waals surface area contributed by atoms with Crippen LogP contribution < -0.4 is 4.90 Å². The van der Waals surface area contributed by atoms with E-state index in [0.717, 1.165) is 25.0 Å². The van der Waals surface area contributed by atoms with Crippen LogP contribution in [0.25, 0.3) is 0 Å². The Morgan fingerprint density at radius 1 is 1.26 bits per heavy atom. The first-order valence-electron chi connectivity index (χ1n) is 6.05. The Hall–Kier alpha value is -1.82. The predicted molar refractivity (Wildman–Crippen MR) is 62.0 cm³/mol. The van der Waals surface area contributed by atoms with Crippen LogP contribution in [0, 0.1) is 11.6 Å². The number of carbonyl (C=O) groups is 2. The molecule has 0 bridgehead atoms. The molecule has 4 nitrogen and oxygen atoms in total. The Morgan fingerprint density at radius 3 is 2.68 bits per heavy atom. The molecule has 0 radical (unpaired) electrons. The number of rotatable bonds is 2. The van der Waals surface area contributed by atoms with Crippen molar-refractivity contribution >= 4 is 17.4 Å². The fourth-order valence-electron chi connectivity index (χ4n) is 2.46. The van der Waals surface area contributed by atoms with E-state index in [0.29, 0.717) is 6.61 Å². The number of carbonyl (C=O) groups excluding carboxylic acids is 2. The van der Waals surface area contributed by atoms with Gasteiger partial charge in [0.25, 0.3) is 11.7 Å². The number of Topliss-reactive ketones (excluding diaryl/α,β-unsaturated/α-hetero) is 1. The van der Waals surface area contributed by atoms with Gasteiger partial charge in [-0.2, -0.15) is 0 Å². The summed E-state index contributed by atoms with van der Waals surface area (Å²) in [7, 11) is 0. The van der Waals surface area contributed by atoms with Crippen molar-refractivity contribution in [3.8, 4) is 0 Å². The molecule has 2 heterocycles. The fraction of sp³-hybridized carbons (Fsp3) is 0.385. The lowest BCUT2D eigenvalue weighted by Crippen LogP contribution is -2.36. The molecule has 0 aliphatic carbocycles. The molecule has 1 aromatic rings. The number of benzene rings is 1. The van der Waals surface area contributed by atoms with Crippen molar-refractivity contribution in [1.29, 1.82) is 0 Å². The summed E-state index contributed by atoms with van der Waals surface area (Å²) in [6.45, 7) is 0.813. The molecule has 6 heteroatoms. The van der Waals surface area contributed by atoms with E-state index in [2.05, 4.69) is 0 Å². The summed E-state index contributed by atoms with van der Waals surface area (Å²) >= 11 is 0. The maximum absolute atomic E-state index is 13.3. The zero-order chi connectivity index (χ0) is 13.6. The minimum atomic E-state index is -1.13. The summed E-state index contributed by atoms with van der Waals surface area (Å²) < 4.78 is 31.8. The second kappa shape index (κ2) is 4.38. The zero-order valence-electron chi connectivity index (χ0n) is 9.99. The molecule has 1 unspecified atom stereocenters. The molecule has 1 atom stereocenters. The maximum atomic E-state index is 13.3. The third-order valence-electron chi connectivity index (χ3n) is 3.42. The van der Waals surface area contributed by atoms with Gasteiger partial charge in [-0.1, -0.05) is 0 Å². The lowest BCUT2D eigenvalue weighted by Gasteiger charge is -2.20. The van der Waals surface area contributed by atoms with Crippen molar-refractivity contribution in [2.24, 2.45) is 0 Å². The number of amides is 1. The maximum Gasteiger partial charge on any atom is 0.299 e. The Kier molecular flexibility index (Phi) is 2.82. The topological polar surface area (TPSA) is 46.6 Å². The van der Waals surface area contributed by atoms with E-state index in [1.165, 1.54) is 4.90 Å². The van der Waals surface area contributed by atoms with E-state index < -0.39 is 23.3 Å². The molecule has 100 valence electrons. The first-order chi connectivity index (χ1) is 9.08. The van der Waals surface area contributed by atoms with Crippen LogP contribution >= 0.6 is 0 Å². The van der Waals surface area contributed by atoms with Gasteiger partial charge in [0.1, 0.15) is 0 Å². The van der Waals surface area contributed by atoms with Crippen LogP contribution in [0.3, 0.4) is 0 Å². The summed E-state index contributed by atoms with van der Waals surface area (Å²) in [6.07, 6.45) is 1.53. The van der Waals surface area contributed by atoms with Crippen LogP contribution in [0.2, 0.25) is 0 Å². The summed E-state index contributed by atoms with van der Waals surface area (Å²) in [4.78, 5) is 24.7. The number of nitrogens with zero attached hydrogens (tertiary/aromatic N) is 1. The number of halogens is 2. The van der Waals surface area contributed by atoms with Crippen molar-refractivity contribution in [2.75, 3.05) is 18.1 Å². The van der Waals surface area contributed by atoms with Gasteiger partial charge in [-0.15, -0.1) is 0 Å². The second-order valence-corrected chi connectivity index (χ2v) is 4.66. The number of anilines is 1. The molecule has 3 rings (SSSR count). The van der Waals surface area contributed by atoms with E-state index in [9.17, 15) is 18.4 Å². The molecule has 1 fully saturated rings. The third kappa shape index (κ3) is 1.92. The van der Waals surface area contributed by atoms with Crippen LogP contribution in [0.4, 0.5) is 14.5 Å². The van der Waals surface area contributed by atoms with Crippen LogP contribution in [-0.2, 0) is 9.53 Å². The normalized spacial score (nSPS) is 22.2. The summed E-state index contributed by atoms with van der Waals surface area (Å²) in [5.74, 6) is -3.75. The van der Waals surface area contributed by atoms with Gasteiger partial charge in [0.15, 0.2) is 11.6 Å². The highest BCUT2D eigenvalue weighted by atomic mass is 19.2. The Bertz CT molecular complexity index is 567. The van der Waals surface area contributed by atoms with Gasteiger partial charge in [-0.3, -0.25) is 9.59 Å². The molecule has 2 aliphatic heterocycles. The molecule has 2 aliphatic rings. The van der Waals surface area contributed by atoms with Gasteiger partial charge in [-0.25, -0.2) is 8.78 Å². The average molecular weight is 267 g/mol. The lowest BCUT2D eigenvalue weighted by molar-refractivity contribution is -0.114. The smallest absolute Gasteiger partial charge is 0.299 e. The number of hydrogen-bond acceptors (Lipinski definition) is 3. The fourth-order valence-corrected chi connectivity index (χ4v) is 2.46. The van der Waals surface area contributed by atoms with E-state index >= 15 is 0 Å². The van der Waals surface area contributed by atoms with Gasteiger partial charge in [0, 0.05) is 12.7 Å². The highest BCUT2D eigenvalue weighted by molar-refractivity contribution is 6.52. The van der Waals surface area contributed by atoms with Crippen LogP contribution in [0.15, 0.2) is 12.1 Å². The molecular formula is C13H11F2NO3. The highest BCUT2D eigenvalue weighted by Crippen LogP contribution is 2.32. The monoisotopic (exact) mass is 267 g/mol. The molecule has 1 aromatic carbocycles. The number of ketones is 1. The molecule has 0 saturated carbocycles. The summed E-state index contributed by atoms with van der Waals surface area (Å²) in [6, 6.07) is 1.67. The Balaban J connectivity index is 1.96. The lowest BCUT2D eigenvalue weighted by atomic mass is 10.1. The van der Waals surface area contributed by atoms with Crippen molar-refractivity contribution in [3.63, 3.8) is 0 Å². The average Bonchev–Trinajstić information content (AvgIpc) is 2.96. The molecule has 1 amide bonds. The first kappa shape index (κ1) is 12.2. The third-order valence-corrected chi connectivity index (χ3v) is 3.42. The number of hydrogen-bond donors (Lipinski definition) is 0.